The standard InChI is InChI=1S/C21H18F2N2O4/c1-12(17-24-15-9-5-6-10-16(15)25(17)20(22)23)28-19(27)21(2)11-13-7-3-4-8-14(13)18(26)29-21/h3-10,12,20H,11H2,1-2H3/t12-,21-/m0/s1. The Morgan fingerprint density at radius 1 is 1.21 bits per heavy atom. The van der Waals surface area contributed by atoms with Gasteiger partial charge in [-0.3, -0.25) is 4.57 Å². The fourth-order valence-electron chi connectivity index (χ4n) is 3.54. The molecule has 2 heterocycles. The Balaban J connectivity index is 1.62. The van der Waals surface area contributed by atoms with Crippen molar-refractivity contribution in [1.29, 1.82) is 0 Å². The zero-order valence-corrected chi connectivity index (χ0v) is 15.8. The van der Waals surface area contributed by atoms with Crippen LogP contribution in [0.1, 0.15) is 48.2 Å². The van der Waals surface area contributed by atoms with Crippen molar-refractivity contribution >= 4 is 23.0 Å². The number of rotatable bonds is 4. The van der Waals surface area contributed by atoms with Crippen LogP contribution in [0.2, 0.25) is 0 Å². The Morgan fingerprint density at radius 2 is 1.90 bits per heavy atom. The highest BCUT2D eigenvalue weighted by atomic mass is 19.3. The summed E-state index contributed by atoms with van der Waals surface area (Å²) in [5, 5.41) is 0. The van der Waals surface area contributed by atoms with Crippen LogP contribution in [-0.2, 0) is 20.7 Å². The molecule has 0 fully saturated rings. The zero-order chi connectivity index (χ0) is 20.8. The summed E-state index contributed by atoms with van der Waals surface area (Å²) in [6, 6.07) is 13.3. The molecule has 1 aliphatic heterocycles. The molecule has 0 unspecified atom stereocenters. The second-order valence-corrected chi connectivity index (χ2v) is 7.11. The van der Waals surface area contributed by atoms with Gasteiger partial charge < -0.3 is 9.47 Å². The van der Waals surface area contributed by atoms with Crippen molar-refractivity contribution in [2.24, 2.45) is 0 Å². The average Bonchev–Trinajstić information content (AvgIpc) is 3.08. The lowest BCUT2D eigenvalue weighted by molar-refractivity contribution is -0.171. The number of hydrogen-bond acceptors (Lipinski definition) is 5. The lowest BCUT2D eigenvalue weighted by Crippen LogP contribution is -2.47. The normalized spacial score (nSPS) is 19.7. The van der Waals surface area contributed by atoms with E-state index in [-0.39, 0.29) is 17.8 Å². The predicted molar refractivity (Wildman–Crippen MR) is 99.5 cm³/mol. The van der Waals surface area contributed by atoms with Gasteiger partial charge in [0.25, 0.3) is 0 Å². The Morgan fingerprint density at radius 3 is 2.66 bits per heavy atom. The molecule has 0 spiro atoms. The maximum Gasteiger partial charge on any atom is 0.351 e. The minimum atomic E-state index is -2.85. The molecule has 6 nitrogen and oxygen atoms in total. The van der Waals surface area contributed by atoms with Gasteiger partial charge in [-0.05, 0) is 37.6 Å². The van der Waals surface area contributed by atoms with E-state index in [0.717, 1.165) is 4.57 Å². The minimum absolute atomic E-state index is 0.0827. The maximum absolute atomic E-state index is 13.6. The van der Waals surface area contributed by atoms with Crippen LogP contribution in [0.4, 0.5) is 8.78 Å². The van der Waals surface area contributed by atoms with Gasteiger partial charge >= 0.3 is 18.5 Å². The first kappa shape index (κ1) is 19.0. The van der Waals surface area contributed by atoms with E-state index in [2.05, 4.69) is 4.98 Å². The van der Waals surface area contributed by atoms with Crippen LogP contribution in [-0.4, -0.2) is 27.1 Å². The van der Waals surface area contributed by atoms with Gasteiger partial charge in [-0.1, -0.05) is 30.3 Å². The van der Waals surface area contributed by atoms with Crippen LogP contribution in [0.3, 0.4) is 0 Å². The summed E-state index contributed by atoms with van der Waals surface area (Å²) in [7, 11) is 0. The number of cyclic esters (lactones) is 1. The minimum Gasteiger partial charge on any atom is -0.452 e. The molecule has 4 rings (SSSR count). The first-order chi connectivity index (χ1) is 13.8. The van der Waals surface area contributed by atoms with Crippen molar-refractivity contribution in [3.63, 3.8) is 0 Å². The molecule has 0 amide bonds. The number of fused-ring (bicyclic) bond motifs is 2. The number of alkyl halides is 2. The van der Waals surface area contributed by atoms with Crippen LogP contribution in [0.15, 0.2) is 48.5 Å². The quantitative estimate of drug-likeness (QED) is 0.614. The van der Waals surface area contributed by atoms with Crippen molar-refractivity contribution in [3.05, 3.63) is 65.5 Å². The number of imidazole rings is 1. The average molecular weight is 400 g/mol. The zero-order valence-electron chi connectivity index (χ0n) is 15.8. The fourth-order valence-corrected chi connectivity index (χ4v) is 3.54. The Kier molecular flexibility index (Phi) is 4.56. The predicted octanol–water partition coefficient (Wildman–Crippen LogP) is 4.21. The number of carbonyl (C=O) groups is 2. The van der Waals surface area contributed by atoms with Crippen molar-refractivity contribution < 1.29 is 27.8 Å². The van der Waals surface area contributed by atoms with Crippen molar-refractivity contribution in [2.45, 2.75) is 38.5 Å². The molecule has 29 heavy (non-hydrogen) atoms. The molecule has 0 aliphatic carbocycles. The molecule has 1 aliphatic rings. The van der Waals surface area contributed by atoms with E-state index in [9.17, 15) is 18.4 Å². The summed E-state index contributed by atoms with van der Waals surface area (Å²) in [6.45, 7) is 0.0554. The molecule has 0 saturated heterocycles. The highest BCUT2D eigenvalue weighted by molar-refractivity contribution is 5.96. The highest BCUT2D eigenvalue weighted by Gasteiger charge is 2.45. The van der Waals surface area contributed by atoms with E-state index in [0.29, 0.717) is 16.6 Å². The molecule has 2 atom stereocenters. The van der Waals surface area contributed by atoms with Crippen LogP contribution >= 0.6 is 0 Å². The lowest BCUT2D eigenvalue weighted by Gasteiger charge is -2.33. The van der Waals surface area contributed by atoms with Crippen molar-refractivity contribution in [1.82, 2.24) is 9.55 Å². The van der Waals surface area contributed by atoms with E-state index in [1.54, 1.807) is 42.5 Å². The SMILES string of the molecule is C[C@H](OC(=O)[C@]1(C)Cc2ccccc2C(=O)O1)c1nc2ccccc2n1C(F)F. The molecular weight excluding hydrogens is 382 g/mol. The van der Waals surface area contributed by atoms with E-state index in [1.807, 2.05) is 0 Å². The van der Waals surface area contributed by atoms with Gasteiger partial charge in [0.1, 0.15) is 0 Å². The Bertz CT molecular complexity index is 1110. The van der Waals surface area contributed by atoms with Crippen molar-refractivity contribution in [2.75, 3.05) is 0 Å². The van der Waals surface area contributed by atoms with Gasteiger partial charge in [0.05, 0.1) is 16.6 Å². The monoisotopic (exact) mass is 400 g/mol. The lowest BCUT2D eigenvalue weighted by atomic mass is 9.90. The third-order valence-corrected chi connectivity index (χ3v) is 4.98. The van der Waals surface area contributed by atoms with Crippen molar-refractivity contribution in [3.8, 4) is 0 Å². The summed E-state index contributed by atoms with van der Waals surface area (Å²) in [4.78, 5) is 29.3. The molecule has 1 aromatic heterocycles. The maximum atomic E-state index is 13.6. The molecular formula is C21H18F2N2O4. The molecule has 150 valence electrons. The summed E-state index contributed by atoms with van der Waals surface area (Å²) in [5.74, 6) is -1.53. The van der Waals surface area contributed by atoms with Gasteiger partial charge in [0.15, 0.2) is 11.9 Å². The summed E-state index contributed by atoms with van der Waals surface area (Å²) < 4.78 is 38.8. The van der Waals surface area contributed by atoms with Gasteiger partial charge in [-0.15, -0.1) is 0 Å². The number of esters is 2. The summed E-state index contributed by atoms with van der Waals surface area (Å²) in [6.07, 6.45) is -0.942. The number of aromatic nitrogens is 2. The molecule has 0 saturated carbocycles. The highest BCUT2D eigenvalue weighted by Crippen LogP contribution is 2.32. The fraction of sp³-hybridized carbons (Fsp3) is 0.286. The molecule has 0 N–H and O–H groups in total. The molecule has 3 aromatic rings. The largest absolute Gasteiger partial charge is 0.452 e. The van der Waals surface area contributed by atoms with Crippen LogP contribution in [0, 0.1) is 0 Å². The first-order valence-electron chi connectivity index (χ1n) is 9.07. The third kappa shape index (κ3) is 3.24. The molecule has 2 aromatic carbocycles. The number of nitrogens with zero attached hydrogens (tertiary/aromatic N) is 2. The topological polar surface area (TPSA) is 70.4 Å². The van der Waals surface area contributed by atoms with Crippen LogP contribution in [0.5, 0.6) is 0 Å². The van der Waals surface area contributed by atoms with Gasteiger partial charge in [0.2, 0.25) is 5.60 Å². The van der Waals surface area contributed by atoms with Gasteiger partial charge in [0, 0.05) is 6.42 Å². The second-order valence-electron chi connectivity index (χ2n) is 7.11. The van der Waals surface area contributed by atoms with E-state index < -0.39 is 30.2 Å². The number of ether oxygens (including phenoxy) is 2. The smallest absolute Gasteiger partial charge is 0.351 e. The molecule has 0 radical (unpaired) electrons. The van der Waals surface area contributed by atoms with E-state index >= 15 is 0 Å². The van der Waals surface area contributed by atoms with Gasteiger partial charge in [-0.25, -0.2) is 14.6 Å². The summed E-state index contributed by atoms with van der Waals surface area (Å²) in [5.41, 5.74) is 0.113. The number of para-hydroxylation sites is 2. The molecule has 8 heteroatoms. The number of benzene rings is 2. The Labute approximate surface area is 165 Å². The second kappa shape index (κ2) is 6.95. The Hall–Kier alpha value is -3.29. The summed E-state index contributed by atoms with van der Waals surface area (Å²) >= 11 is 0. The number of hydrogen-bond donors (Lipinski definition) is 0. The van der Waals surface area contributed by atoms with Crippen LogP contribution in [0.25, 0.3) is 11.0 Å². The van der Waals surface area contributed by atoms with E-state index in [1.165, 1.54) is 19.9 Å². The van der Waals surface area contributed by atoms with E-state index in [4.69, 9.17) is 9.47 Å². The number of halogens is 2. The first-order valence-corrected chi connectivity index (χ1v) is 9.07. The molecule has 0 bridgehead atoms. The third-order valence-electron chi connectivity index (χ3n) is 4.98. The van der Waals surface area contributed by atoms with Crippen LogP contribution < -0.4 is 0 Å². The van der Waals surface area contributed by atoms with Gasteiger partial charge in [-0.2, -0.15) is 8.78 Å². The number of carbonyl (C=O) groups excluding carboxylic acids is 2.